The first kappa shape index (κ1) is 11.6. The number of carbonyl (C=O) groups is 1. The Morgan fingerprint density at radius 2 is 1.87 bits per heavy atom. The van der Waals surface area contributed by atoms with Crippen molar-refractivity contribution in [3.8, 4) is 0 Å². The smallest absolute Gasteiger partial charge is 0.265 e. The fourth-order valence-corrected chi connectivity index (χ4v) is 1.42. The summed E-state index contributed by atoms with van der Waals surface area (Å²) in [5.41, 5.74) is 0.346. The molecule has 0 aromatic heterocycles. The lowest BCUT2D eigenvalue weighted by molar-refractivity contribution is -0.122. The molecule has 1 saturated heterocycles. The number of nitrogens with zero attached hydrogens (tertiary/aromatic N) is 3. The molecule has 0 aromatic rings. The van der Waals surface area contributed by atoms with Gasteiger partial charge in [-0.25, -0.2) is 0 Å². The molecule has 0 radical (unpaired) electrons. The molecule has 0 aliphatic carbocycles. The van der Waals surface area contributed by atoms with Gasteiger partial charge < -0.3 is 9.80 Å². The van der Waals surface area contributed by atoms with Crippen molar-refractivity contribution >= 4 is 29.1 Å². The van der Waals surface area contributed by atoms with Crippen molar-refractivity contribution in [2.45, 2.75) is 0 Å². The summed E-state index contributed by atoms with van der Waals surface area (Å²) in [7, 11) is 6.90. The van der Waals surface area contributed by atoms with Crippen molar-refractivity contribution in [2.24, 2.45) is 0 Å². The predicted octanol–water partition coefficient (Wildman–Crippen LogP) is 0.0979. The summed E-state index contributed by atoms with van der Waals surface area (Å²) < 4.78 is 0. The normalized spacial score (nSPS) is 20.3. The van der Waals surface area contributed by atoms with E-state index < -0.39 is 0 Å². The van der Waals surface area contributed by atoms with Crippen molar-refractivity contribution < 1.29 is 4.79 Å². The van der Waals surface area contributed by atoms with E-state index in [1.165, 1.54) is 9.80 Å². The van der Waals surface area contributed by atoms with Crippen LogP contribution in [0.15, 0.2) is 11.8 Å². The molecule has 0 unspecified atom stereocenters. The summed E-state index contributed by atoms with van der Waals surface area (Å²) in [6, 6.07) is 0. The Balaban J connectivity index is 3.14. The lowest BCUT2D eigenvalue weighted by Crippen LogP contribution is -2.52. The van der Waals surface area contributed by atoms with Gasteiger partial charge in [0.1, 0.15) is 5.84 Å². The van der Waals surface area contributed by atoms with Crippen LogP contribution in [-0.2, 0) is 4.79 Å². The number of nitrogens with one attached hydrogen (secondary N) is 1. The van der Waals surface area contributed by atoms with Crippen molar-refractivity contribution in [1.82, 2.24) is 14.7 Å². The van der Waals surface area contributed by atoms with Gasteiger partial charge in [-0.15, -0.1) is 0 Å². The van der Waals surface area contributed by atoms with Crippen LogP contribution in [0.4, 0.5) is 0 Å². The third-order valence-electron chi connectivity index (χ3n) is 2.09. The lowest BCUT2D eigenvalue weighted by atomic mass is 10.1. The molecular formula is C9H14N4OS. The molecule has 1 amide bonds. The van der Waals surface area contributed by atoms with Crippen LogP contribution in [0.5, 0.6) is 0 Å². The summed E-state index contributed by atoms with van der Waals surface area (Å²) >= 11 is 5.02. The minimum atomic E-state index is -0.239. The molecule has 0 spiro atoms. The van der Waals surface area contributed by atoms with E-state index in [-0.39, 0.29) is 11.7 Å². The number of hydrogen-bond acceptors (Lipinski definition) is 4. The first-order chi connectivity index (χ1) is 6.86. The van der Waals surface area contributed by atoms with Crippen LogP contribution in [0, 0.1) is 5.41 Å². The Hall–Kier alpha value is -1.43. The van der Waals surface area contributed by atoms with Crippen molar-refractivity contribution in [3.63, 3.8) is 0 Å². The van der Waals surface area contributed by atoms with Gasteiger partial charge in [0, 0.05) is 34.4 Å². The summed E-state index contributed by atoms with van der Waals surface area (Å²) in [5.74, 6) is -0.103. The minimum Gasteiger partial charge on any atom is -0.383 e. The van der Waals surface area contributed by atoms with E-state index in [4.69, 9.17) is 17.6 Å². The van der Waals surface area contributed by atoms with Crippen molar-refractivity contribution in [1.29, 1.82) is 5.41 Å². The molecule has 1 aliphatic rings. The predicted molar refractivity (Wildman–Crippen MR) is 62.6 cm³/mol. The molecule has 0 saturated carbocycles. The van der Waals surface area contributed by atoms with E-state index in [1.54, 1.807) is 39.3 Å². The maximum Gasteiger partial charge on any atom is 0.265 e. The van der Waals surface area contributed by atoms with Crippen molar-refractivity contribution in [3.05, 3.63) is 11.8 Å². The second-order valence-corrected chi connectivity index (χ2v) is 3.93. The van der Waals surface area contributed by atoms with Gasteiger partial charge in [0.2, 0.25) is 0 Å². The number of likely N-dealkylation sites (N-methyl/N-ethyl adjacent to an activating group) is 2. The molecule has 0 atom stereocenters. The topological polar surface area (TPSA) is 50.6 Å². The van der Waals surface area contributed by atoms with E-state index in [0.29, 0.717) is 10.7 Å². The molecule has 1 heterocycles. The van der Waals surface area contributed by atoms with Crippen molar-refractivity contribution in [2.75, 3.05) is 28.2 Å². The monoisotopic (exact) mass is 226 g/mol. The highest BCUT2D eigenvalue weighted by Gasteiger charge is 2.32. The number of thiocarbonyl (C=S) groups is 1. The molecule has 1 N–H and O–H groups in total. The second kappa shape index (κ2) is 3.98. The Bertz CT molecular complexity index is 335. The van der Waals surface area contributed by atoms with E-state index in [2.05, 4.69) is 0 Å². The van der Waals surface area contributed by atoms with E-state index in [9.17, 15) is 4.79 Å². The molecule has 1 rings (SSSR count). The zero-order valence-corrected chi connectivity index (χ0v) is 10.1. The Morgan fingerprint density at radius 1 is 1.33 bits per heavy atom. The highest BCUT2D eigenvalue weighted by molar-refractivity contribution is 7.80. The number of carbonyl (C=O) groups excluding carboxylic acids is 1. The average Bonchev–Trinajstić information content (AvgIpc) is 2.18. The fraction of sp³-hybridized carbons (Fsp3) is 0.444. The third-order valence-corrected chi connectivity index (χ3v) is 2.63. The zero-order chi connectivity index (χ0) is 11.7. The number of amides is 1. The fourth-order valence-electron chi connectivity index (χ4n) is 1.24. The van der Waals surface area contributed by atoms with Gasteiger partial charge >= 0.3 is 0 Å². The summed E-state index contributed by atoms with van der Waals surface area (Å²) in [6.45, 7) is 0. The van der Waals surface area contributed by atoms with Crippen LogP contribution in [-0.4, -0.2) is 59.7 Å². The summed E-state index contributed by atoms with van der Waals surface area (Å²) in [5, 5.41) is 8.14. The molecule has 0 bridgehead atoms. The molecule has 1 aliphatic heterocycles. The molecule has 0 aromatic carbocycles. The van der Waals surface area contributed by atoms with Gasteiger partial charge in [-0.2, -0.15) is 0 Å². The minimum absolute atomic E-state index is 0.136. The number of hydrogen-bond donors (Lipinski definition) is 1. The number of amidine groups is 1. The second-order valence-electron chi connectivity index (χ2n) is 3.56. The molecule has 15 heavy (non-hydrogen) atoms. The first-order valence-electron chi connectivity index (χ1n) is 4.39. The van der Waals surface area contributed by atoms with E-state index in [1.807, 2.05) is 0 Å². The Labute approximate surface area is 94.4 Å². The van der Waals surface area contributed by atoms with Gasteiger partial charge in [-0.05, 0) is 12.2 Å². The summed E-state index contributed by atoms with van der Waals surface area (Å²) in [6.07, 6.45) is 1.62. The van der Waals surface area contributed by atoms with Gasteiger partial charge in [0.15, 0.2) is 5.11 Å². The van der Waals surface area contributed by atoms with Gasteiger partial charge in [-0.1, -0.05) is 0 Å². The molecule has 6 heteroatoms. The zero-order valence-electron chi connectivity index (χ0n) is 9.24. The largest absolute Gasteiger partial charge is 0.383 e. The van der Waals surface area contributed by atoms with Crippen LogP contribution in [0.2, 0.25) is 0 Å². The lowest BCUT2D eigenvalue weighted by Gasteiger charge is -2.34. The maximum absolute atomic E-state index is 11.8. The number of rotatable bonds is 1. The SMILES string of the molecule is CN(C)/C=C1\C(=N)N(C)C(=S)N(C)C1=O. The highest BCUT2D eigenvalue weighted by Crippen LogP contribution is 2.14. The van der Waals surface area contributed by atoms with Crippen LogP contribution in [0.25, 0.3) is 0 Å². The molecule has 5 nitrogen and oxygen atoms in total. The molecule has 1 fully saturated rings. The first-order valence-corrected chi connectivity index (χ1v) is 4.80. The highest BCUT2D eigenvalue weighted by atomic mass is 32.1. The van der Waals surface area contributed by atoms with Crippen LogP contribution in [0.3, 0.4) is 0 Å². The van der Waals surface area contributed by atoms with Crippen LogP contribution >= 0.6 is 12.2 Å². The average molecular weight is 226 g/mol. The summed E-state index contributed by atoms with van der Waals surface area (Å²) in [4.78, 5) is 16.4. The Morgan fingerprint density at radius 3 is 2.33 bits per heavy atom. The standard InChI is InChI=1S/C9H14N4OS/c1-11(2)5-6-7(10)12(3)9(15)13(4)8(6)14/h5,10H,1-4H3/b6-5+,10-7?. The maximum atomic E-state index is 11.8. The molecule has 82 valence electrons. The Kier molecular flexibility index (Phi) is 3.09. The van der Waals surface area contributed by atoms with Gasteiger partial charge in [0.05, 0.1) is 5.57 Å². The van der Waals surface area contributed by atoms with E-state index >= 15 is 0 Å². The third kappa shape index (κ3) is 1.99. The van der Waals surface area contributed by atoms with Gasteiger partial charge in [0.25, 0.3) is 5.91 Å². The van der Waals surface area contributed by atoms with E-state index in [0.717, 1.165) is 0 Å². The van der Waals surface area contributed by atoms with Crippen LogP contribution in [0.1, 0.15) is 0 Å². The van der Waals surface area contributed by atoms with Crippen LogP contribution < -0.4 is 0 Å². The van der Waals surface area contributed by atoms with Gasteiger partial charge in [-0.3, -0.25) is 15.1 Å². The quantitative estimate of drug-likeness (QED) is 0.509. The molecular weight excluding hydrogens is 212 g/mol.